The van der Waals surface area contributed by atoms with Crippen LogP contribution < -0.4 is 5.32 Å². The van der Waals surface area contributed by atoms with Crippen LogP contribution in [0.25, 0.3) is 16.6 Å². The molecule has 2 N–H and O–H groups in total. The molecule has 2 aromatic heterocycles. The van der Waals surface area contributed by atoms with E-state index in [1.54, 1.807) is 43.5 Å². The number of benzene rings is 2. The third-order valence-electron chi connectivity index (χ3n) is 6.75. The predicted octanol–water partition coefficient (Wildman–Crippen LogP) is 4.75. The molecule has 0 saturated carbocycles. The van der Waals surface area contributed by atoms with Crippen LogP contribution >= 0.6 is 0 Å². The Labute approximate surface area is 231 Å². The number of esters is 1. The number of nitrogens with zero attached hydrogens (tertiary/aromatic N) is 2. The summed E-state index contributed by atoms with van der Waals surface area (Å²) in [7, 11) is 0. The average Bonchev–Trinajstić information content (AvgIpc) is 3.41. The molecule has 0 saturated heterocycles. The highest BCUT2D eigenvalue weighted by Crippen LogP contribution is 2.44. The van der Waals surface area contributed by atoms with Crippen molar-refractivity contribution in [3.8, 4) is 11.1 Å². The number of carbonyl (C=O) groups excluding carboxylic acids is 2. The summed E-state index contributed by atoms with van der Waals surface area (Å²) in [6.45, 7) is 5.43. The van der Waals surface area contributed by atoms with Crippen molar-refractivity contribution in [1.82, 2.24) is 14.7 Å². The van der Waals surface area contributed by atoms with Gasteiger partial charge in [-0.2, -0.15) is 0 Å². The minimum absolute atomic E-state index is 0.0671. The van der Waals surface area contributed by atoms with Crippen LogP contribution in [-0.4, -0.2) is 50.8 Å². The van der Waals surface area contributed by atoms with E-state index < -0.39 is 29.7 Å². The Bertz CT molecular complexity index is 1540. The number of hydrogen-bond acceptors (Lipinski definition) is 6. The normalized spacial score (nSPS) is 13.4. The Hall–Kier alpha value is -4.66. The summed E-state index contributed by atoms with van der Waals surface area (Å²) >= 11 is 0. The van der Waals surface area contributed by atoms with Crippen molar-refractivity contribution >= 4 is 23.5 Å². The Morgan fingerprint density at radius 3 is 2.23 bits per heavy atom. The molecule has 0 fully saturated rings. The molecule has 0 aliphatic heterocycles. The molecular formula is C31H31N3O6. The van der Waals surface area contributed by atoms with Crippen LogP contribution in [0.5, 0.6) is 0 Å². The average molecular weight is 542 g/mol. The van der Waals surface area contributed by atoms with Crippen molar-refractivity contribution in [2.24, 2.45) is 0 Å². The van der Waals surface area contributed by atoms with Gasteiger partial charge in [0.05, 0.1) is 17.6 Å². The number of aliphatic carboxylic acids is 1. The van der Waals surface area contributed by atoms with Gasteiger partial charge in [-0.3, -0.25) is 4.79 Å². The maximum atomic E-state index is 12.8. The molecule has 0 bridgehead atoms. The van der Waals surface area contributed by atoms with E-state index in [0.29, 0.717) is 17.0 Å². The van der Waals surface area contributed by atoms with Crippen LogP contribution in [0, 0.1) is 0 Å². The zero-order chi connectivity index (χ0) is 28.4. The van der Waals surface area contributed by atoms with E-state index in [1.165, 1.54) is 0 Å². The Morgan fingerprint density at radius 1 is 0.975 bits per heavy atom. The number of carboxylic acid groups (broad SMARTS) is 1. The van der Waals surface area contributed by atoms with Gasteiger partial charge in [-0.05, 0) is 55.2 Å². The summed E-state index contributed by atoms with van der Waals surface area (Å²) in [5, 5.41) is 12.4. The number of rotatable bonds is 8. The van der Waals surface area contributed by atoms with Gasteiger partial charge in [-0.15, -0.1) is 0 Å². The van der Waals surface area contributed by atoms with Crippen LogP contribution in [0.1, 0.15) is 49.3 Å². The number of alkyl carbamates (subject to hydrolysis) is 1. The number of ether oxygens (including phenoxy) is 2. The number of fused-ring (bicyclic) bond motifs is 4. The van der Waals surface area contributed by atoms with Gasteiger partial charge < -0.3 is 24.3 Å². The summed E-state index contributed by atoms with van der Waals surface area (Å²) < 4.78 is 12.7. The highest BCUT2D eigenvalue weighted by molar-refractivity contribution is 5.81. The van der Waals surface area contributed by atoms with Gasteiger partial charge in [0.1, 0.15) is 24.1 Å². The van der Waals surface area contributed by atoms with E-state index >= 15 is 0 Å². The van der Waals surface area contributed by atoms with E-state index in [4.69, 9.17) is 9.47 Å². The van der Waals surface area contributed by atoms with Crippen LogP contribution in [0.3, 0.4) is 0 Å². The van der Waals surface area contributed by atoms with Crippen LogP contribution in [0.15, 0.2) is 72.9 Å². The molecule has 206 valence electrons. The third kappa shape index (κ3) is 5.68. The van der Waals surface area contributed by atoms with Gasteiger partial charge in [0, 0.05) is 18.5 Å². The summed E-state index contributed by atoms with van der Waals surface area (Å²) in [4.78, 5) is 41.9. The van der Waals surface area contributed by atoms with Crippen molar-refractivity contribution in [1.29, 1.82) is 0 Å². The first-order valence-corrected chi connectivity index (χ1v) is 13.1. The highest BCUT2D eigenvalue weighted by atomic mass is 16.6. The smallest absolute Gasteiger partial charge is 0.407 e. The highest BCUT2D eigenvalue weighted by Gasteiger charge is 2.30. The zero-order valence-corrected chi connectivity index (χ0v) is 22.6. The maximum Gasteiger partial charge on any atom is 0.407 e. The number of pyridine rings is 1. The summed E-state index contributed by atoms with van der Waals surface area (Å²) in [6, 6.07) is 20.0. The van der Waals surface area contributed by atoms with Gasteiger partial charge in [-0.25, -0.2) is 14.6 Å². The Morgan fingerprint density at radius 2 is 1.60 bits per heavy atom. The Balaban J connectivity index is 1.29. The molecule has 2 aromatic carbocycles. The summed E-state index contributed by atoms with van der Waals surface area (Å²) in [6.07, 6.45) is 0.730. The van der Waals surface area contributed by atoms with Crippen molar-refractivity contribution in [3.05, 3.63) is 95.6 Å². The van der Waals surface area contributed by atoms with Gasteiger partial charge in [-0.1, -0.05) is 54.6 Å². The maximum absolute atomic E-state index is 12.8. The third-order valence-corrected chi connectivity index (χ3v) is 6.75. The van der Waals surface area contributed by atoms with Gasteiger partial charge in [0.15, 0.2) is 0 Å². The number of carbonyl (C=O) groups is 3. The molecule has 0 spiro atoms. The molecule has 1 amide bonds. The van der Waals surface area contributed by atoms with Gasteiger partial charge >= 0.3 is 18.0 Å². The van der Waals surface area contributed by atoms with Crippen LogP contribution in [0.4, 0.5) is 4.79 Å². The molecule has 9 heteroatoms. The molecule has 1 unspecified atom stereocenters. The topological polar surface area (TPSA) is 119 Å². The van der Waals surface area contributed by atoms with Gasteiger partial charge in [0.2, 0.25) is 0 Å². The summed E-state index contributed by atoms with van der Waals surface area (Å²) in [5.41, 5.74) is 4.81. The molecule has 2 heterocycles. The second-order valence-electron chi connectivity index (χ2n) is 10.8. The molecule has 0 radical (unpaired) electrons. The number of carboxylic acids is 1. The van der Waals surface area contributed by atoms with E-state index in [-0.39, 0.29) is 25.4 Å². The molecule has 1 aliphatic carbocycles. The Kier molecular flexibility index (Phi) is 7.30. The molecule has 1 atom stereocenters. The standard InChI is InChI=1S/C31H31N3O6/c1-31(2,3)40-28(35)17-24-26-14-8-9-15-34(26)27(32-24)16-25(29(36)37)33-30(38)39-18-23-21-12-6-4-10-19(21)20-11-5-7-13-22(20)23/h4-15,23,25H,16-18H2,1-3H3,(H,33,38)(H,36,37). The minimum Gasteiger partial charge on any atom is -0.480 e. The number of amides is 1. The molecule has 9 nitrogen and oxygen atoms in total. The number of hydrogen-bond donors (Lipinski definition) is 2. The monoisotopic (exact) mass is 541 g/mol. The van der Waals surface area contributed by atoms with Crippen LogP contribution in [0.2, 0.25) is 0 Å². The summed E-state index contributed by atoms with van der Waals surface area (Å²) in [5.74, 6) is -1.42. The lowest BCUT2D eigenvalue weighted by Gasteiger charge is -2.19. The first kappa shape index (κ1) is 26.9. The lowest BCUT2D eigenvalue weighted by Crippen LogP contribution is -2.43. The van der Waals surface area contributed by atoms with Gasteiger partial charge in [0.25, 0.3) is 0 Å². The van der Waals surface area contributed by atoms with E-state index in [9.17, 15) is 19.5 Å². The van der Waals surface area contributed by atoms with Crippen molar-refractivity contribution in [2.75, 3.05) is 6.61 Å². The van der Waals surface area contributed by atoms with Crippen molar-refractivity contribution < 1.29 is 29.0 Å². The van der Waals surface area contributed by atoms with Crippen LogP contribution in [-0.2, 0) is 31.9 Å². The molecule has 5 rings (SSSR count). The molecule has 4 aromatic rings. The van der Waals surface area contributed by atoms with E-state index in [1.807, 2.05) is 54.6 Å². The second-order valence-corrected chi connectivity index (χ2v) is 10.8. The molecule has 1 aliphatic rings. The first-order chi connectivity index (χ1) is 19.1. The number of imidazole rings is 1. The minimum atomic E-state index is -1.30. The lowest BCUT2D eigenvalue weighted by molar-refractivity contribution is -0.154. The van der Waals surface area contributed by atoms with Crippen molar-refractivity contribution in [3.63, 3.8) is 0 Å². The second kappa shape index (κ2) is 10.8. The van der Waals surface area contributed by atoms with Crippen molar-refractivity contribution in [2.45, 2.75) is 51.2 Å². The fourth-order valence-electron chi connectivity index (χ4n) is 5.12. The largest absolute Gasteiger partial charge is 0.480 e. The van der Waals surface area contributed by atoms with E-state index in [2.05, 4.69) is 10.3 Å². The first-order valence-electron chi connectivity index (χ1n) is 13.1. The van der Waals surface area contributed by atoms with E-state index in [0.717, 1.165) is 22.3 Å². The fraction of sp³-hybridized carbons (Fsp3) is 0.290. The quantitative estimate of drug-likeness (QED) is 0.309. The number of nitrogens with one attached hydrogen (secondary N) is 1. The SMILES string of the molecule is CC(C)(C)OC(=O)Cc1nc(CC(NC(=O)OCC2c3ccccc3-c3ccccc32)C(=O)O)n2ccccc12. The lowest BCUT2D eigenvalue weighted by atomic mass is 9.98. The molecular weight excluding hydrogens is 510 g/mol. The predicted molar refractivity (Wildman–Crippen MR) is 148 cm³/mol. The molecule has 40 heavy (non-hydrogen) atoms. The fourth-order valence-corrected chi connectivity index (χ4v) is 5.12. The number of aromatic nitrogens is 2. The zero-order valence-electron chi connectivity index (χ0n) is 22.6.